The Morgan fingerprint density at radius 2 is 1.50 bits per heavy atom. The van der Waals surface area contributed by atoms with Gasteiger partial charge in [-0.2, -0.15) is 0 Å². The van der Waals surface area contributed by atoms with Crippen molar-refractivity contribution in [3.8, 4) is 22.5 Å². The summed E-state index contributed by atoms with van der Waals surface area (Å²) in [7, 11) is 0. The first-order valence-corrected chi connectivity index (χ1v) is 15.1. The number of para-hydroxylation sites is 1. The number of hydrogen-bond acceptors (Lipinski definition) is 4. The Kier molecular flexibility index (Phi) is 5.68. The highest BCUT2D eigenvalue weighted by atomic mass is 16.3. The third kappa shape index (κ3) is 3.71. The predicted octanol–water partition coefficient (Wildman–Crippen LogP) is 10.3. The predicted molar refractivity (Wildman–Crippen MR) is 173 cm³/mol. The first-order valence-electron chi connectivity index (χ1n) is 15.1. The zero-order chi connectivity index (χ0) is 28.5. The quantitative estimate of drug-likeness (QED) is 0.207. The van der Waals surface area contributed by atoms with Gasteiger partial charge in [-0.15, -0.1) is 0 Å². The lowest BCUT2D eigenvalue weighted by molar-refractivity contribution is 0.655. The van der Waals surface area contributed by atoms with Gasteiger partial charge in [0.2, 0.25) is 5.71 Å². The minimum atomic E-state index is 0.647. The van der Waals surface area contributed by atoms with E-state index in [0.29, 0.717) is 11.6 Å². The number of fused-ring (bicyclic) bond motifs is 6. The van der Waals surface area contributed by atoms with E-state index in [1.807, 2.05) is 0 Å². The summed E-state index contributed by atoms with van der Waals surface area (Å²) in [5.74, 6) is 0.649. The summed E-state index contributed by atoms with van der Waals surface area (Å²) in [5.41, 5.74) is 13.1. The third-order valence-corrected chi connectivity index (χ3v) is 9.53. The molecule has 0 radical (unpaired) electrons. The monoisotopic (exact) mass is 547 g/mol. The highest BCUT2D eigenvalue weighted by Crippen LogP contribution is 2.43. The zero-order valence-corrected chi connectivity index (χ0v) is 24.6. The topological polar surface area (TPSA) is 51.8 Å². The molecule has 0 saturated heterocycles. The summed E-state index contributed by atoms with van der Waals surface area (Å²) >= 11 is 0. The van der Waals surface area contributed by atoms with Gasteiger partial charge in [0.05, 0.1) is 16.9 Å². The van der Waals surface area contributed by atoms with Crippen molar-refractivity contribution in [3.63, 3.8) is 0 Å². The minimum absolute atomic E-state index is 0.647. The molecule has 3 heterocycles. The van der Waals surface area contributed by atoms with Crippen LogP contribution in [0, 0.1) is 27.7 Å². The van der Waals surface area contributed by atoms with Crippen molar-refractivity contribution in [2.24, 2.45) is 0 Å². The standard InChI is InChI=1S/C38H33N3O/c1-21-9-7-10-22(2)32(21)31-18-17-28-27-13-8-14-30(37(27)42-38(28)41-31)35-29-16-15-26-19-23(3)33(25-11-5-6-12-25)24(4)34(26)36(29)40-20-39-35/h7-10,13-20,25H,5-6,11-12H2,1-4H3. The van der Waals surface area contributed by atoms with E-state index in [-0.39, 0.29) is 0 Å². The first kappa shape index (κ1) is 25.2. The van der Waals surface area contributed by atoms with E-state index in [1.165, 1.54) is 64.3 Å². The average molecular weight is 548 g/mol. The number of aryl methyl sites for hydroxylation is 4. The van der Waals surface area contributed by atoms with Gasteiger partial charge in [0.15, 0.2) is 0 Å². The van der Waals surface area contributed by atoms with E-state index < -0.39 is 0 Å². The molecule has 0 unspecified atom stereocenters. The van der Waals surface area contributed by atoms with Gasteiger partial charge in [0.25, 0.3) is 0 Å². The normalized spacial score (nSPS) is 14.2. The number of nitrogens with zero attached hydrogens (tertiary/aromatic N) is 3. The summed E-state index contributed by atoms with van der Waals surface area (Å²) in [6.45, 7) is 8.84. The van der Waals surface area contributed by atoms with Crippen LogP contribution < -0.4 is 0 Å². The lowest BCUT2D eigenvalue weighted by atomic mass is 9.85. The molecule has 1 aliphatic rings. The molecule has 4 heteroatoms. The molecule has 8 rings (SSSR count). The molecule has 0 atom stereocenters. The largest absolute Gasteiger partial charge is 0.437 e. The van der Waals surface area contributed by atoms with E-state index in [2.05, 4.69) is 94.4 Å². The molecule has 3 aromatic heterocycles. The zero-order valence-electron chi connectivity index (χ0n) is 24.6. The van der Waals surface area contributed by atoms with Gasteiger partial charge in [0.1, 0.15) is 11.9 Å². The van der Waals surface area contributed by atoms with Crippen molar-refractivity contribution < 1.29 is 4.42 Å². The molecule has 4 aromatic carbocycles. The van der Waals surface area contributed by atoms with Crippen LogP contribution in [0.25, 0.3) is 66.3 Å². The highest BCUT2D eigenvalue weighted by molar-refractivity contribution is 6.15. The fourth-order valence-electron chi connectivity index (χ4n) is 7.68. The van der Waals surface area contributed by atoms with Gasteiger partial charge in [-0.1, -0.05) is 55.3 Å². The van der Waals surface area contributed by atoms with Crippen LogP contribution in [0.1, 0.15) is 59.4 Å². The molecule has 1 saturated carbocycles. The van der Waals surface area contributed by atoms with Gasteiger partial charge in [-0.05, 0) is 104 Å². The van der Waals surface area contributed by atoms with E-state index in [1.54, 1.807) is 6.33 Å². The molecule has 0 bridgehead atoms. The van der Waals surface area contributed by atoms with Crippen LogP contribution in [-0.2, 0) is 0 Å². The van der Waals surface area contributed by atoms with Gasteiger partial charge in [0, 0.05) is 32.7 Å². The van der Waals surface area contributed by atoms with Crippen LogP contribution in [0.15, 0.2) is 77.5 Å². The Balaban J connectivity index is 1.35. The maximum atomic E-state index is 6.57. The van der Waals surface area contributed by atoms with Crippen molar-refractivity contribution in [1.29, 1.82) is 0 Å². The fourth-order valence-corrected chi connectivity index (χ4v) is 7.68. The van der Waals surface area contributed by atoms with Crippen LogP contribution in [-0.4, -0.2) is 15.0 Å². The number of pyridine rings is 1. The maximum absolute atomic E-state index is 6.57. The van der Waals surface area contributed by atoms with Crippen LogP contribution in [0.2, 0.25) is 0 Å². The fraction of sp³-hybridized carbons (Fsp3) is 0.237. The third-order valence-electron chi connectivity index (χ3n) is 9.53. The number of aromatic nitrogens is 3. The van der Waals surface area contributed by atoms with Gasteiger partial charge in [-0.25, -0.2) is 15.0 Å². The van der Waals surface area contributed by atoms with E-state index in [0.717, 1.165) is 49.8 Å². The maximum Gasteiger partial charge on any atom is 0.227 e. The van der Waals surface area contributed by atoms with Crippen LogP contribution in [0.4, 0.5) is 0 Å². The molecule has 0 spiro atoms. The highest BCUT2D eigenvalue weighted by Gasteiger charge is 2.24. The molecule has 1 aliphatic carbocycles. The summed E-state index contributed by atoms with van der Waals surface area (Å²) in [5, 5.41) is 5.60. The van der Waals surface area contributed by atoms with Crippen molar-refractivity contribution in [2.45, 2.75) is 59.3 Å². The smallest absolute Gasteiger partial charge is 0.227 e. The molecule has 0 aliphatic heterocycles. The Hall–Kier alpha value is -4.57. The summed E-state index contributed by atoms with van der Waals surface area (Å²) < 4.78 is 6.57. The van der Waals surface area contributed by atoms with Crippen LogP contribution >= 0.6 is 0 Å². The van der Waals surface area contributed by atoms with Crippen LogP contribution in [0.3, 0.4) is 0 Å². The summed E-state index contributed by atoms with van der Waals surface area (Å²) in [6.07, 6.45) is 6.93. The molecule has 1 fully saturated rings. The first-order chi connectivity index (χ1) is 20.5. The van der Waals surface area contributed by atoms with Crippen LogP contribution in [0.5, 0.6) is 0 Å². The number of hydrogen-bond donors (Lipinski definition) is 0. The minimum Gasteiger partial charge on any atom is -0.437 e. The summed E-state index contributed by atoms with van der Waals surface area (Å²) in [6, 6.07) is 23.7. The molecule has 206 valence electrons. The number of furan rings is 1. The Morgan fingerprint density at radius 3 is 2.31 bits per heavy atom. The SMILES string of the molecule is Cc1cccc(C)c1-c1ccc2c(n1)oc1c(-c3ncnc4c3ccc3cc(C)c(C5CCCC5)c(C)c34)cccc12. The molecule has 4 nitrogen and oxygen atoms in total. The second-order valence-electron chi connectivity index (χ2n) is 12.1. The Bertz CT molecular complexity index is 2180. The van der Waals surface area contributed by atoms with Gasteiger partial charge in [-0.3, -0.25) is 0 Å². The molecular formula is C38H33N3O. The second kappa shape index (κ2) is 9.49. The van der Waals surface area contributed by atoms with Crippen molar-refractivity contribution in [1.82, 2.24) is 15.0 Å². The lowest BCUT2D eigenvalue weighted by Crippen LogP contribution is -2.01. The number of rotatable bonds is 3. The van der Waals surface area contributed by atoms with E-state index in [9.17, 15) is 0 Å². The van der Waals surface area contributed by atoms with Crippen molar-refractivity contribution in [2.75, 3.05) is 0 Å². The van der Waals surface area contributed by atoms with Crippen molar-refractivity contribution in [3.05, 3.63) is 101 Å². The molecule has 0 amide bonds. The van der Waals surface area contributed by atoms with Gasteiger partial charge < -0.3 is 4.42 Å². The summed E-state index contributed by atoms with van der Waals surface area (Å²) in [4.78, 5) is 14.7. The molecule has 42 heavy (non-hydrogen) atoms. The van der Waals surface area contributed by atoms with Gasteiger partial charge >= 0.3 is 0 Å². The Labute approximate surface area is 245 Å². The number of benzene rings is 4. The van der Waals surface area contributed by atoms with E-state index in [4.69, 9.17) is 19.4 Å². The molecule has 0 N–H and O–H groups in total. The molecule has 7 aromatic rings. The van der Waals surface area contributed by atoms with E-state index >= 15 is 0 Å². The van der Waals surface area contributed by atoms with Crippen molar-refractivity contribution >= 4 is 43.7 Å². The Morgan fingerprint density at radius 1 is 0.738 bits per heavy atom. The molecular weight excluding hydrogens is 514 g/mol. The average Bonchev–Trinajstić information content (AvgIpc) is 3.64. The second-order valence-corrected chi connectivity index (χ2v) is 12.1. The lowest BCUT2D eigenvalue weighted by Gasteiger charge is -2.20.